The molecular weight excluding hydrogens is 574 g/mol. The minimum Gasteiger partial charge on any atom is -0.368 e. The van der Waals surface area contributed by atoms with Gasteiger partial charge in [-0.05, 0) is 78.7 Å². The van der Waals surface area contributed by atoms with Crippen molar-refractivity contribution in [3.63, 3.8) is 0 Å². The normalized spacial score (nSPS) is 20.2. The van der Waals surface area contributed by atoms with Crippen LogP contribution in [0.5, 0.6) is 0 Å². The van der Waals surface area contributed by atoms with Gasteiger partial charge in [0.25, 0.3) is 10.0 Å². The molecule has 0 bridgehead atoms. The highest BCUT2D eigenvalue weighted by Gasteiger charge is 2.46. The van der Waals surface area contributed by atoms with Crippen LogP contribution in [0.3, 0.4) is 0 Å². The molecule has 0 N–H and O–H groups in total. The van der Waals surface area contributed by atoms with Crippen molar-refractivity contribution in [2.45, 2.75) is 30.9 Å². The molecular formula is C32H34ClN3O3S2. The zero-order valence-electron chi connectivity index (χ0n) is 23.5. The Morgan fingerprint density at radius 3 is 2.32 bits per heavy atom. The lowest BCUT2D eigenvalue weighted by Gasteiger charge is -2.38. The average molecular weight is 608 g/mol. The maximum atomic E-state index is 14.1. The monoisotopic (exact) mass is 607 g/mol. The Balaban J connectivity index is 1.25. The lowest BCUT2D eigenvalue weighted by atomic mass is 9.88. The molecule has 2 saturated heterocycles. The number of hydrogen-bond donors (Lipinski definition) is 0. The second kappa shape index (κ2) is 11.1. The molecule has 1 aromatic heterocycles. The van der Waals surface area contributed by atoms with Crippen LogP contribution >= 0.6 is 22.9 Å². The number of nitrogens with zero attached hydrogens (tertiary/aromatic N) is 3. The number of aryl methyl sites for hydroxylation is 3. The average Bonchev–Trinajstić information content (AvgIpc) is 3.58. The molecule has 214 valence electrons. The topological polar surface area (TPSA) is 60.9 Å². The van der Waals surface area contributed by atoms with Gasteiger partial charge >= 0.3 is 0 Å². The predicted molar refractivity (Wildman–Crippen MR) is 168 cm³/mol. The van der Waals surface area contributed by atoms with Crippen LogP contribution in [0, 0.1) is 26.7 Å². The summed E-state index contributed by atoms with van der Waals surface area (Å²) in [5.74, 6) is -0.610. The molecule has 2 aliphatic rings. The number of benzene rings is 3. The number of thiophene rings is 1. The van der Waals surface area contributed by atoms with Gasteiger partial charge in [0.05, 0.1) is 5.92 Å². The first kappa shape index (κ1) is 28.2. The lowest BCUT2D eigenvalue weighted by Crippen LogP contribution is -2.51. The largest absolute Gasteiger partial charge is 0.368 e. The van der Waals surface area contributed by atoms with E-state index in [9.17, 15) is 13.2 Å². The predicted octanol–water partition coefficient (Wildman–Crippen LogP) is 6.23. The first-order valence-electron chi connectivity index (χ1n) is 14.0. The van der Waals surface area contributed by atoms with Crippen molar-refractivity contribution < 1.29 is 13.2 Å². The molecule has 2 atom stereocenters. The summed E-state index contributed by atoms with van der Waals surface area (Å²) in [6.45, 7) is 9.26. The van der Waals surface area contributed by atoms with Gasteiger partial charge in [0.2, 0.25) is 5.91 Å². The van der Waals surface area contributed by atoms with Crippen LogP contribution in [-0.4, -0.2) is 62.8 Å². The van der Waals surface area contributed by atoms with Crippen LogP contribution < -0.4 is 4.90 Å². The summed E-state index contributed by atoms with van der Waals surface area (Å²) in [4.78, 5) is 18.3. The van der Waals surface area contributed by atoms with E-state index in [0.717, 1.165) is 28.7 Å². The van der Waals surface area contributed by atoms with E-state index in [4.69, 9.17) is 11.6 Å². The van der Waals surface area contributed by atoms with E-state index < -0.39 is 15.9 Å². The van der Waals surface area contributed by atoms with Crippen molar-refractivity contribution in [3.8, 4) is 0 Å². The maximum Gasteiger partial charge on any atom is 0.252 e. The third kappa shape index (κ3) is 5.27. The van der Waals surface area contributed by atoms with Gasteiger partial charge in [-0.25, -0.2) is 8.42 Å². The SMILES string of the molecule is Cc1ccc(N2CCN(C(=O)C3CN(S(=O)(=O)c4sc5ccc(Cl)cc5c4C)CC3c3ccccc3)CC2)cc1C. The van der Waals surface area contributed by atoms with E-state index in [0.29, 0.717) is 27.9 Å². The molecule has 2 aliphatic heterocycles. The number of halogens is 1. The second-order valence-corrected chi connectivity index (χ2v) is 14.8. The van der Waals surface area contributed by atoms with Crippen LogP contribution in [0.25, 0.3) is 10.1 Å². The summed E-state index contributed by atoms with van der Waals surface area (Å²) in [6.07, 6.45) is 0. The third-order valence-electron chi connectivity index (χ3n) is 8.71. The first-order chi connectivity index (χ1) is 19.6. The first-order valence-corrected chi connectivity index (χ1v) is 16.6. The van der Waals surface area contributed by atoms with Crippen LogP contribution in [0.1, 0.15) is 28.2 Å². The smallest absolute Gasteiger partial charge is 0.252 e. The summed E-state index contributed by atoms with van der Waals surface area (Å²) >= 11 is 7.48. The van der Waals surface area contributed by atoms with Gasteiger partial charge in [0, 0.05) is 60.6 Å². The van der Waals surface area contributed by atoms with E-state index >= 15 is 0 Å². The summed E-state index contributed by atoms with van der Waals surface area (Å²) in [5, 5.41) is 1.44. The molecule has 3 aromatic carbocycles. The number of rotatable bonds is 5. The van der Waals surface area contributed by atoms with Gasteiger partial charge in [0.15, 0.2) is 0 Å². The number of piperazine rings is 1. The molecule has 6 rings (SSSR count). The third-order valence-corrected chi connectivity index (χ3v) is 12.6. The van der Waals surface area contributed by atoms with Crippen molar-refractivity contribution in [1.29, 1.82) is 0 Å². The summed E-state index contributed by atoms with van der Waals surface area (Å²) < 4.78 is 30.9. The molecule has 2 fully saturated rings. The molecule has 0 spiro atoms. The van der Waals surface area contributed by atoms with Gasteiger partial charge in [-0.2, -0.15) is 4.31 Å². The van der Waals surface area contributed by atoms with Gasteiger partial charge in [-0.3, -0.25) is 4.79 Å². The molecule has 6 nitrogen and oxygen atoms in total. The minimum atomic E-state index is -3.80. The number of carbonyl (C=O) groups excluding carboxylic acids is 1. The molecule has 41 heavy (non-hydrogen) atoms. The number of hydrogen-bond acceptors (Lipinski definition) is 5. The zero-order chi connectivity index (χ0) is 28.9. The summed E-state index contributed by atoms with van der Waals surface area (Å²) in [6, 6.07) is 21.8. The Bertz CT molecular complexity index is 1710. The van der Waals surface area contributed by atoms with Gasteiger partial charge < -0.3 is 9.80 Å². The molecule has 3 heterocycles. The molecule has 9 heteroatoms. The van der Waals surface area contributed by atoms with Crippen molar-refractivity contribution >= 4 is 54.6 Å². The standard InChI is InChI=1S/C32H34ClN3O3S2/c1-21-9-11-26(17-22(21)2)34-13-15-35(16-14-34)31(37)29-20-36(19-28(29)24-7-5-4-6-8-24)41(38,39)32-23(3)27-18-25(33)10-12-30(27)40-32/h4-12,17-18,28-29H,13-16,19-20H2,1-3H3. The maximum absolute atomic E-state index is 14.1. The van der Waals surface area contributed by atoms with Gasteiger partial charge in [-0.1, -0.05) is 48.0 Å². The van der Waals surface area contributed by atoms with Crippen molar-refractivity contribution in [3.05, 3.63) is 94.0 Å². The molecule has 1 amide bonds. The van der Waals surface area contributed by atoms with Crippen LogP contribution in [0.15, 0.2) is 70.9 Å². The van der Waals surface area contributed by atoms with E-state index in [1.165, 1.54) is 32.5 Å². The fourth-order valence-corrected chi connectivity index (χ4v) is 9.67. The molecule has 4 aromatic rings. The fourth-order valence-electron chi connectivity index (χ4n) is 6.13. The minimum absolute atomic E-state index is 0.0381. The molecule has 0 saturated carbocycles. The highest BCUT2D eigenvalue weighted by molar-refractivity contribution is 7.91. The van der Waals surface area contributed by atoms with E-state index in [1.54, 1.807) is 6.07 Å². The number of sulfonamides is 1. The Morgan fingerprint density at radius 2 is 1.61 bits per heavy atom. The van der Waals surface area contributed by atoms with Crippen LogP contribution in [-0.2, 0) is 14.8 Å². The van der Waals surface area contributed by atoms with E-state index in [1.807, 2.05) is 54.3 Å². The van der Waals surface area contributed by atoms with Gasteiger partial charge in [-0.15, -0.1) is 11.3 Å². The number of amides is 1. The van der Waals surface area contributed by atoms with Crippen LogP contribution in [0.2, 0.25) is 5.02 Å². The summed E-state index contributed by atoms with van der Waals surface area (Å²) in [7, 11) is -3.80. The molecule has 2 unspecified atom stereocenters. The number of anilines is 1. The van der Waals surface area contributed by atoms with Crippen molar-refractivity contribution in [1.82, 2.24) is 9.21 Å². The van der Waals surface area contributed by atoms with Crippen molar-refractivity contribution in [2.24, 2.45) is 5.92 Å². The summed E-state index contributed by atoms with van der Waals surface area (Å²) in [5.41, 5.74) is 5.42. The van der Waals surface area contributed by atoms with Crippen molar-refractivity contribution in [2.75, 3.05) is 44.2 Å². The fraction of sp³-hybridized carbons (Fsp3) is 0.344. The Kier molecular flexibility index (Phi) is 7.61. The highest BCUT2D eigenvalue weighted by atomic mass is 35.5. The quantitative estimate of drug-likeness (QED) is 0.270. The molecule has 0 radical (unpaired) electrons. The Labute approximate surface area is 251 Å². The molecule has 0 aliphatic carbocycles. The Morgan fingerprint density at radius 1 is 0.878 bits per heavy atom. The van der Waals surface area contributed by atoms with E-state index in [-0.39, 0.29) is 24.9 Å². The number of carbonyl (C=O) groups is 1. The highest BCUT2D eigenvalue weighted by Crippen LogP contribution is 2.41. The lowest BCUT2D eigenvalue weighted by molar-refractivity contribution is -0.135. The van der Waals surface area contributed by atoms with Crippen LogP contribution in [0.4, 0.5) is 5.69 Å². The van der Waals surface area contributed by atoms with Gasteiger partial charge in [0.1, 0.15) is 4.21 Å². The Hall–Kier alpha value is -2.91. The van der Waals surface area contributed by atoms with E-state index in [2.05, 4.69) is 36.9 Å². The zero-order valence-corrected chi connectivity index (χ0v) is 25.9. The number of fused-ring (bicyclic) bond motifs is 1. The second-order valence-electron chi connectivity index (χ2n) is 11.2.